The van der Waals surface area contributed by atoms with Crippen LogP contribution in [-0.4, -0.2) is 82.8 Å². The van der Waals surface area contributed by atoms with E-state index in [4.69, 9.17) is 5.11 Å². The fourth-order valence-electron chi connectivity index (χ4n) is 3.52. The van der Waals surface area contributed by atoms with Gasteiger partial charge >= 0.3 is 6.03 Å². The van der Waals surface area contributed by atoms with Gasteiger partial charge in [0, 0.05) is 13.1 Å². The molecule has 1 aromatic carbocycles. The van der Waals surface area contributed by atoms with Gasteiger partial charge in [0.15, 0.2) is 5.78 Å². The number of urea groups is 1. The predicted molar refractivity (Wildman–Crippen MR) is 92.1 cm³/mol. The van der Waals surface area contributed by atoms with E-state index in [0.717, 1.165) is 19.5 Å². The quantitative estimate of drug-likeness (QED) is 0.652. The van der Waals surface area contributed by atoms with Crippen molar-refractivity contribution in [2.45, 2.75) is 24.5 Å². The first-order chi connectivity index (χ1) is 12.0. The number of amides is 2. The van der Waals surface area contributed by atoms with Crippen molar-refractivity contribution in [3.63, 3.8) is 0 Å². The number of aliphatic hydroxyl groups excluding tert-OH is 2. The highest BCUT2D eigenvalue weighted by atomic mass is 16.3. The summed E-state index contributed by atoms with van der Waals surface area (Å²) in [5.41, 5.74) is 0.392. The third kappa shape index (κ3) is 4.00. The van der Waals surface area contributed by atoms with Crippen molar-refractivity contribution in [3.8, 4) is 0 Å². The van der Waals surface area contributed by atoms with E-state index in [1.165, 1.54) is 10.5 Å². The lowest BCUT2D eigenvalue weighted by Gasteiger charge is -2.37. The van der Waals surface area contributed by atoms with Crippen molar-refractivity contribution < 1.29 is 19.8 Å². The molecule has 2 amide bonds. The third-order valence-electron chi connectivity index (χ3n) is 5.05. The Morgan fingerprint density at radius 2 is 2.00 bits per heavy atom. The highest BCUT2D eigenvalue weighted by molar-refractivity contribution is 5.97. The van der Waals surface area contributed by atoms with Gasteiger partial charge in [-0.2, -0.15) is 0 Å². The molecule has 7 heteroatoms. The number of Topliss-reactive ketones (excluding diaryl/α,β-unsaturated/α-hetero) is 1. The van der Waals surface area contributed by atoms with Crippen LogP contribution in [0.3, 0.4) is 0 Å². The Morgan fingerprint density at radius 3 is 2.68 bits per heavy atom. The molecule has 2 heterocycles. The first-order valence-electron chi connectivity index (χ1n) is 8.68. The molecule has 0 aromatic heterocycles. The van der Waals surface area contributed by atoms with E-state index in [2.05, 4.69) is 22.3 Å². The maximum absolute atomic E-state index is 12.7. The van der Waals surface area contributed by atoms with Crippen LogP contribution in [-0.2, 0) is 11.2 Å². The molecule has 7 nitrogen and oxygen atoms in total. The van der Waals surface area contributed by atoms with E-state index >= 15 is 0 Å². The zero-order valence-corrected chi connectivity index (χ0v) is 14.2. The number of nitrogens with one attached hydrogen (secondary N) is 1. The largest absolute Gasteiger partial charge is 0.394 e. The zero-order chi connectivity index (χ0) is 17.9. The minimum Gasteiger partial charge on any atom is -0.394 e. The summed E-state index contributed by atoms with van der Waals surface area (Å²) in [6.45, 7) is 1.77. The Kier molecular flexibility index (Phi) is 5.36. The van der Waals surface area contributed by atoms with Crippen molar-refractivity contribution in [3.05, 3.63) is 35.9 Å². The highest BCUT2D eigenvalue weighted by Crippen LogP contribution is 2.26. The summed E-state index contributed by atoms with van der Waals surface area (Å²) in [7, 11) is 0. The molecule has 2 aliphatic rings. The molecule has 0 saturated carbocycles. The van der Waals surface area contributed by atoms with E-state index < -0.39 is 18.2 Å². The lowest BCUT2D eigenvalue weighted by Crippen LogP contribution is -2.60. The fraction of sp³-hybridized carbons (Fsp3) is 0.556. The van der Waals surface area contributed by atoms with Gasteiger partial charge < -0.3 is 20.4 Å². The van der Waals surface area contributed by atoms with Crippen LogP contribution in [0.4, 0.5) is 4.79 Å². The van der Waals surface area contributed by atoms with Crippen LogP contribution in [0.15, 0.2) is 30.3 Å². The van der Waals surface area contributed by atoms with Gasteiger partial charge in [-0.05, 0) is 18.4 Å². The van der Waals surface area contributed by atoms with Gasteiger partial charge in [-0.15, -0.1) is 0 Å². The second-order valence-corrected chi connectivity index (χ2v) is 6.91. The van der Waals surface area contributed by atoms with Crippen molar-refractivity contribution in [1.82, 2.24) is 15.1 Å². The van der Waals surface area contributed by atoms with E-state index in [9.17, 15) is 14.7 Å². The van der Waals surface area contributed by atoms with Gasteiger partial charge in [0.25, 0.3) is 0 Å². The summed E-state index contributed by atoms with van der Waals surface area (Å²) in [6.07, 6.45) is 0.474. The molecule has 1 aromatic rings. The summed E-state index contributed by atoms with van der Waals surface area (Å²) in [5.74, 6) is 0.0150. The Bertz CT molecular complexity index is 624. The molecule has 136 valence electrons. The number of rotatable bonds is 6. The number of hydrogen-bond acceptors (Lipinski definition) is 5. The van der Waals surface area contributed by atoms with Crippen molar-refractivity contribution in [1.29, 1.82) is 0 Å². The number of likely N-dealkylation sites (tertiary alicyclic amines) is 1. The molecule has 0 bridgehead atoms. The second-order valence-electron chi connectivity index (χ2n) is 6.91. The third-order valence-corrected chi connectivity index (χ3v) is 5.05. The molecular formula is C18H25N3O4. The highest BCUT2D eigenvalue weighted by Gasteiger charge is 2.50. The van der Waals surface area contributed by atoms with Crippen LogP contribution >= 0.6 is 0 Å². The number of carbonyl (C=O) groups is 2. The van der Waals surface area contributed by atoms with Crippen LogP contribution in [0.2, 0.25) is 0 Å². The molecule has 25 heavy (non-hydrogen) atoms. The van der Waals surface area contributed by atoms with E-state index in [1.807, 2.05) is 18.2 Å². The van der Waals surface area contributed by atoms with Crippen molar-refractivity contribution >= 4 is 11.8 Å². The average molecular weight is 347 g/mol. The Balaban J connectivity index is 1.55. The SMILES string of the molecule is O=C1NC2(CCN(CCc3ccccc3)CC2=O)CN1CC(O)CO. The number of benzene rings is 1. The van der Waals surface area contributed by atoms with E-state index in [0.29, 0.717) is 13.0 Å². The van der Waals surface area contributed by atoms with Crippen molar-refractivity contribution in [2.24, 2.45) is 0 Å². The minimum atomic E-state index is -0.984. The number of aliphatic hydroxyl groups is 2. The van der Waals surface area contributed by atoms with Crippen LogP contribution in [0.1, 0.15) is 12.0 Å². The average Bonchev–Trinajstić information content (AvgIpc) is 2.93. The maximum Gasteiger partial charge on any atom is 0.318 e. The summed E-state index contributed by atoms with van der Waals surface area (Å²) < 4.78 is 0. The lowest BCUT2D eigenvalue weighted by molar-refractivity contribution is -0.129. The number of hydrogen-bond donors (Lipinski definition) is 3. The Hall–Kier alpha value is -1.96. The summed E-state index contributed by atoms with van der Waals surface area (Å²) >= 11 is 0. The molecule has 2 saturated heterocycles. The Labute approximate surface area is 147 Å². The Morgan fingerprint density at radius 1 is 1.24 bits per heavy atom. The zero-order valence-electron chi connectivity index (χ0n) is 14.2. The molecule has 3 N–H and O–H groups in total. The molecule has 2 fully saturated rings. The van der Waals surface area contributed by atoms with E-state index in [1.54, 1.807) is 0 Å². The van der Waals surface area contributed by atoms with Gasteiger partial charge in [-0.25, -0.2) is 4.79 Å². The molecule has 3 rings (SSSR count). The number of carbonyl (C=O) groups excluding carboxylic acids is 2. The number of ketones is 1. The summed E-state index contributed by atoms with van der Waals surface area (Å²) in [4.78, 5) is 28.3. The van der Waals surface area contributed by atoms with Gasteiger partial charge in [-0.1, -0.05) is 30.3 Å². The van der Waals surface area contributed by atoms with Crippen LogP contribution in [0, 0.1) is 0 Å². The molecule has 0 radical (unpaired) electrons. The first-order valence-corrected chi connectivity index (χ1v) is 8.68. The smallest absolute Gasteiger partial charge is 0.318 e. The topological polar surface area (TPSA) is 93.1 Å². The fourth-order valence-corrected chi connectivity index (χ4v) is 3.52. The van der Waals surface area contributed by atoms with Crippen LogP contribution in [0.5, 0.6) is 0 Å². The molecular weight excluding hydrogens is 322 g/mol. The van der Waals surface area contributed by atoms with Crippen LogP contribution < -0.4 is 5.32 Å². The first kappa shape index (κ1) is 17.8. The lowest BCUT2D eigenvalue weighted by atomic mass is 9.87. The van der Waals surface area contributed by atoms with Crippen LogP contribution in [0.25, 0.3) is 0 Å². The normalized spacial score (nSPS) is 25.4. The summed E-state index contributed by atoms with van der Waals surface area (Å²) in [6, 6.07) is 9.81. The molecule has 2 unspecified atom stereocenters. The number of piperidine rings is 1. The van der Waals surface area contributed by atoms with Gasteiger partial charge in [0.1, 0.15) is 5.54 Å². The number of β-amino-alcohol motifs (C(OH)–C–C–N with tert-alkyl or cyclic N) is 1. The molecule has 0 aliphatic carbocycles. The number of nitrogens with zero attached hydrogens (tertiary/aromatic N) is 2. The maximum atomic E-state index is 12.7. The molecule has 2 atom stereocenters. The van der Waals surface area contributed by atoms with Gasteiger partial charge in [-0.3, -0.25) is 9.69 Å². The molecule has 1 spiro atoms. The minimum absolute atomic E-state index is 0.0150. The van der Waals surface area contributed by atoms with Gasteiger partial charge in [0.2, 0.25) is 0 Å². The monoisotopic (exact) mass is 347 g/mol. The second kappa shape index (κ2) is 7.51. The van der Waals surface area contributed by atoms with Crippen molar-refractivity contribution in [2.75, 3.05) is 39.3 Å². The standard InChI is InChI=1S/C18H25N3O4/c22-12-15(23)10-21-13-18(19-17(21)25)7-9-20(11-16(18)24)8-6-14-4-2-1-3-5-14/h1-5,15,22-23H,6-13H2,(H,19,25). The van der Waals surface area contributed by atoms with Gasteiger partial charge in [0.05, 0.1) is 32.3 Å². The molecule has 2 aliphatic heterocycles. The predicted octanol–water partition coefficient (Wildman–Crippen LogP) is -0.379. The summed E-state index contributed by atoms with van der Waals surface area (Å²) in [5, 5.41) is 21.3. The van der Waals surface area contributed by atoms with E-state index in [-0.39, 0.29) is 24.9 Å².